The molecule has 106 valence electrons. The molecule has 1 aromatic carbocycles. The minimum Gasteiger partial charge on any atom is -0.493 e. The average Bonchev–Trinajstić information content (AvgIpc) is 2.44. The molecule has 1 aliphatic heterocycles. The van der Waals surface area contributed by atoms with Gasteiger partial charge in [0.1, 0.15) is 5.75 Å². The summed E-state index contributed by atoms with van der Waals surface area (Å²) in [4.78, 5) is 0. The van der Waals surface area contributed by atoms with Gasteiger partial charge in [-0.3, -0.25) is 0 Å². The van der Waals surface area contributed by atoms with Gasteiger partial charge in [-0.05, 0) is 31.0 Å². The fourth-order valence-electron chi connectivity index (χ4n) is 2.43. The Bertz CT molecular complexity index is 386. The highest BCUT2D eigenvalue weighted by Crippen LogP contribution is 2.32. The van der Waals surface area contributed by atoms with Crippen molar-refractivity contribution < 1.29 is 9.47 Å². The maximum Gasteiger partial charge on any atom is 0.122 e. The van der Waals surface area contributed by atoms with Gasteiger partial charge in [0.2, 0.25) is 0 Å². The summed E-state index contributed by atoms with van der Waals surface area (Å²) in [5, 5.41) is 3.59. The van der Waals surface area contributed by atoms with E-state index in [9.17, 15) is 0 Å². The van der Waals surface area contributed by atoms with E-state index in [2.05, 4.69) is 23.5 Å². The molecule has 2 unspecified atom stereocenters. The summed E-state index contributed by atoms with van der Waals surface area (Å²) in [6.07, 6.45) is 2.01. The summed E-state index contributed by atoms with van der Waals surface area (Å²) in [7, 11) is 1.68. The van der Waals surface area contributed by atoms with Crippen molar-refractivity contribution in [2.75, 3.05) is 33.4 Å². The van der Waals surface area contributed by atoms with Gasteiger partial charge in [0.15, 0.2) is 0 Å². The van der Waals surface area contributed by atoms with Crippen molar-refractivity contribution >= 4 is 11.6 Å². The van der Waals surface area contributed by atoms with E-state index in [0.717, 1.165) is 38.3 Å². The number of hydrogen-bond donors (Lipinski definition) is 1. The first-order valence-corrected chi connectivity index (χ1v) is 7.30. The lowest BCUT2D eigenvalue weighted by molar-refractivity contribution is 0.195. The first kappa shape index (κ1) is 14.6. The van der Waals surface area contributed by atoms with Crippen molar-refractivity contribution in [2.45, 2.75) is 24.1 Å². The Labute approximate surface area is 120 Å². The molecule has 0 aromatic heterocycles. The van der Waals surface area contributed by atoms with Gasteiger partial charge in [-0.25, -0.2) is 0 Å². The number of benzene rings is 1. The summed E-state index contributed by atoms with van der Waals surface area (Å²) >= 11 is 6.10. The topological polar surface area (TPSA) is 30.5 Å². The van der Waals surface area contributed by atoms with Crippen molar-refractivity contribution in [3.05, 3.63) is 29.8 Å². The molecule has 2 rings (SSSR count). The molecule has 0 spiro atoms. The second-order valence-electron chi connectivity index (χ2n) is 4.92. The van der Waals surface area contributed by atoms with E-state index in [1.165, 1.54) is 5.56 Å². The van der Waals surface area contributed by atoms with E-state index in [1.807, 2.05) is 6.07 Å². The Morgan fingerprint density at radius 1 is 1.47 bits per heavy atom. The molecule has 0 radical (unpaired) electrons. The Balaban J connectivity index is 1.75. The zero-order valence-electron chi connectivity index (χ0n) is 11.4. The maximum absolute atomic E-state index is 6.10. The molecule has 0 bridgehead atoms. The lowest BCUT2D eigenvalue weighted by atomic mass is 9.93. The highest BCUT2D eigenvalue weighted by molar-refractivity contribution is 6.20. The maximum atomic E-state index is 6.10. The average molecular weight is 284 g/mol. The number of hydrogen-bond acceptors (Lipinski definition) is 3. The highest BCUT2D eigenvalue weighted by atomic mass is 35.5. The summed E-state index contributed by atoms with van der Waals surface area (Å²) < 4.78 is 10.7. The first-order valence-electron chi connectivity index (χ1n) is 6.86. The summed E-state index contributed by atoms with van der Waals surface area (Å²) in [5.41, 5.74) is 1.32. The highest BCUT2D eigenvalue weighted by Gasteiger charge is 2.20. The number of para-hydroxylation sites is 1. The molecule has 0 fully saturated rings. The van der Waals surface area contributed by atoms with Gasteiger partial charge in [-0.1, -0.05) is 18.2 Å². The van der Waals surface area contributed by atoms with Gasteiger partial charge in [0, 0.05) is 19.6 Å². The molecular formula is C15H22ClNO2. The van der Waals surface area contributed by atoms with Gasteiger partial charge in [-0.2, -0.15) is 0 Å². The van der Waals surface area contributed by atoms with Crippen LogP contribution in [-0.2, 0) is 4.74 Å². The summed E-state index contributed by atoms with van der Waals surface area (Å²) in [6, 6.07) is 8.32. The Kier molecular flexibility index (Phi) is 5.95. The van der Waals surface area contributed by atoms with Crippen LogP contribution < -0.4 is 10.1 Å². The molecule has 0 aliphatic carbocycles. The van der Waals surface area contributed by atoms with Crippen LogP contribution in [0.2, 0.25) is 0 Å². The predicted molar refractivity (Wildman–Crippen MR) is 78.3 cm³/mol. The largest absolute Gasteiger partial charge is 0.493 e. The van der Waals surface area contributed by atoms with Gasteiger partial charge < -0.3 is 14.8 Å². The molecule has 19 heavy (non-hydrogen) atoms. The van der Waals surface area contributed by atoms with E-state index in [4.69, 9.17) is 21.1 Å². The van der Waals surface area contributed by atoms with Crippen molar-refractivity contribution in [3.63, 3.8) is 0 Å². The van der Waals surface area contributed by atoms with Crippen LogP contribution in [0.1, 0.15) is 24.3 Å². The third kappa shape index (κ3) is 4.37. The van der Waals surface area contributed by atoms with Crippen molar-refractivity contribution in [2.24, 2.45) is 0 Å². The SMILES string of the molecule is COCC(Cl)CCNCC1CCOc2ccccc21. The van der Waals surface area contributed by atoms with E-state index in [0.29, 0.717) is 12.5 Å². The molecule has 2 atom stereocenters. The van der Waals surface area contributed by atoms with Crippen LogP contribution in [-0.4, -0.2) is 38.8 Å². The zero-order chi connectivity index (χ0) is 13.5. The smallest absolute Gasteiger partial charge is 0.122 e. The van der Waals surface area contributed by atoms with Crippen LogP contribution in [0.25, 0.3) is 0 Å². The number of nitrogens with one attached hydrogen (secondary N) is 1. The quantitative estimate of drug-likeness (QED) is 0.617. The van der Waals surface area contributed by atoms with Crippen LogP contribution in [0.5, 0.6) is 5.75 Å². The Morgan fingerprint density at radius 2 is 2.32 bits per heavy atom. The van der Waals surface area contributed by atoms with E-state index < -0.39 is 0 Å². The van der Waals surface area contributed by atoms with E-state index in [-0.39, 0.29) is 5.38 Å². The van der Waals surface area contributed by atoms with Gasteiger partial charge in [0.05, 0.1) is 18.6 Å². The minimum atomic E-state index is 0.0967. The number of fused-ring (bicyclic) bond motifs is 1. The van der Waals surface area contributed by atoms with Gasteiger partial charge in [0.25, 0.3) is 0 Å². The number of ether oxygens (including phenoxy) is 2. The summed E-state index contributed by atoms with van der Waals surface area (Å²) in [6.45, 7) is 3.34. The minimum absolute atomic E-state index is 0.0967. The molecule has 1 aromatic rings. The van der Waals surface area contributed by atoms with Crippen LogP contribution in [0.15, 0.2) is 24.3 Å². The number of alkyl halides is 1. The predicted octanol–water partition coefficient (Wildman–Crippen LogP) is 2.79. The first-order chi connectivity index (χ1) is 9.31. The molecule has 1 heterocycles. The third-order valence-electron chi connectivity index (χ3n) is 3.46. The van der Waals surface area contributed by atoms with Crippen LogP contribution in [0.4, 0.5) is 0 Å². The molecule has 0 saturated carbocycles. The van der Waals surface area contributed by atoms with Crippen molar-refractivity contribution in [1.82, 2.24) is 5.32 Å². The van der Waals surface area contributed by atoms with E-state index in [1.54, 1.807) is 7.11 Å². The van der Waals surface area contributed by atoms with Crippen molar-refractivity contribution in [1.29, 1.82) is 0 Å². The standard InChI is InChI=1S/C15H22ClNO2/c1-18-11-13(16)6-8-17-10-12-7-9-19-15-5-3-2-4-14(12)15/h2-5,12-13,17H,6-11H2,1H3. The zero-order valence-corrected chi connectivity index (χ0v) is 12.2. The normalized spacial score (nSPS) is 19.6. The summed E-state index contributed by atoms with van der Waals surface area (Å²) in [5.74, 6) is 1.58. The monoisotopic (exact) mass is 283 g/mol. The third-order valence-corrected chi connectivity index (χ3v) is 3.80. The van der Waals surface area contributed by atoms with Gasteiger partial charge >= 0.3 is 0 Å². The molecule has 1 aliphatic rings. The fraction of sp³-hybridized carbons (Fsp3) is 0.600. The lowest BCUT2D eigenvalue weighted by Crippen LogP contribution is -2.28. The fourth-order valence-corrected chi connectivity index (χ4v) is 2.66. The van der Waals surface area contributed by atoms with Crippen LogP contribution >= 0.6 is 11.6 Å². The van der Waals surface area contributed by atoms with E-state index >= 15 is 0 Å². The van der Waals surface area contributed by atoms with Crippen molar-refractivity contribution in [3.8, 4) is 5.75 Å². The number of rotatable bonds is 7. The molecule has 4 heteroatoms. The molecule has 0 amide bonds. The Hall–Kier alpha value is -0.770. The second-order valence-corrected chi connectivity index (χ2v) is 5.53. The van der Waals surface area contributed by atoms with Crippen LogP contribution in [0.3, 0.4) is 0 Å². The molecule has 3 nitrogen and oxygen atoms in total. The molecule has 0 saturated heterocycles. The van der Waals surface area contributed by atoms with Crippen LogP contribution in [0, 0.1) is 0 Å². The molecule has 1 N–H and O–H groups in total. The van der Waals surface area contributed by atoms with Gasteiger partial charge in [-0.15, -0.1) is 11.6 Å². The number of halogens is 1. The molecular weight excluding hydrogens is 262 g/mol. The number of methoxy groups -OCH3 is 1. The lowest BCUT2D eigenvalue weighted by Gasteiger charge is -2.26. The second kappa shape index (κ2) is 7.73. The Morgan fingerprint density at radius 3 is 3.16 bits per heavy atom.